The summed E-state index contributed by atoms with van der Waals surface area (Å²) in [7, 11) is 0. The summed E-state index contributed by atoms with van der Waals surface area (Å²) in [5.41, 5.74) is 0. The Hall–Kier alpha value is -1.12. The van der Waals surface area contributed by atoms with Crippen molar-refractivity contribution >= 4 is 11.8 Å². The number of imide groups is 1. The zero-order valence-corrected chi connectivity index (χ0v) is 8.12. The Kier molecular flexibility index (Phi) is 3.23. The lowest BCUT2D eigenvalue weighted by molar-refractivity contribution is -0.138. The summed E-state index contributed by atoms with van der Waals surface area (Å²) >= 11 is 0. The minimum Gasteiger partial charge on any atom is -0.279 e. The molecule has 0 aliphatic carbocycles. The summed E-state index contributed by atoms with van der Waals surface area (Å²) in [6.45, 7) is 4.57. The van der Waals surface area contributed by atoms with Crippen LogP contribution in [0.5, 0.6) is 0 Å². The fraction of sp³-hybridized carbons (Fsp3) is 0.600. The highest BCUT2D eigenvalue weighted by atomic mass is 16.2. The Labute approximate surface area is 78.4 Å². The van der Waals surface area contributed by atoms with Gasteiger partial charge in [-0.2, -0.15) is 0 Å². The van der Waals surface area contributed by atoms with Crippen LogP contribution in [0.25, 0.3) is 0 Å². The lowest BCUT2D eigenvalue weighted by Crippen LogP contribution is -2.30. The van der Waals surface area contributed by atoms with Gasteiger partial charge in [0, 0.05) is 13.0 Å². The molecule has 1 saturated heterocycles. The van der Waals surface area contributed by atoms with Gasteiger partial charge in [0.25, 0.3) is 5.91 Å². The number of allylic oxidation sites excluding steroid dienone is 1. The SMILES string of the molecule is CC(C)/C=C/C(=O)N1CCCC1=O. The van der Waals surface area contributed by atoms with Crippen LogP contribution in [-0.4, -0.2) is 23.3 Å². The zero-order valence-electron chi connectivity index (χ0n) is 8.12. The molecule has 0 N–H and O–H groups in total. The first-order valence-corrected chi connectivity index (χ1v) is 4.64. The lowest BCUT2D eigenvalue weighted by Gasteiger charge is -2.09. The van der Waals surface area contributed by atoms with Gasteiger partial charge in [-0.05, 0) is 18.4 Å². The van der Waals surface area contributed by atoms with Crippen molar-refractivity contribution < 1.29 is 9.59 Å². The molecule has 0 bridgehead atoms. The number of likely N-dealkylation sites (tertiary alicyclic amines) is 1. The van der Waals surface area contributed by atoms with Crippen molar-refractivity contribution in [3.8, 4) is 0 Å². The lowest BCUT2D eigenvalue weighted by atomic mass is 10.2. The molecule has 72 valence electrons. The van der Waals surface area contributed by atoms with Crippen LogP contribution in [0, 0.1) is 5.92 Å². The minimum absolute atomic E-state index is 0.0431. The normalized spacial score (nSPS) is 17.8. The van der Waals surface area contributed by atoms with Crippen LogP contribution in [0.1, 0.15) is 26.7 Å². The van der Waals surface area contributed by atoms with Gasteiger partial charge in [-0.3, -0.25) is 14.5 Å². The molecule has 0 aromatic rings. The van der Waals surface area contributed by atoms with E-state index >= 15 is 0 Å². The fourth-order valence-electron chi connectivity index (χ4n) is 1.25. The van der Waals surface area contributed by atoms with E-state index in [4.69, 9.17) is 0 Å². The fourth-order valence-corrected chi connectivity index (χ4v) is 1.25. The number of nitrogens with zero attached hydrogens (tertiary/aromatic N) is 1. The molecular weight excluding hydrogens is 166 g/mol. The van der Waals surface area contributed by atoms with Gasteiger partial charge in [0.05, 0.1) is 0 Å². The van der Waals surface area contributed by atoms with Crippen LogP contribution in [0.2, 0.25) is 0 Å². The van der Waals surface area contributed by atoms with E-state index in [1.807, 2.05) is 19.9 Å². The first kappa shape index (κ1) is 9.96. The molecule has 3 nitrogen and oxygen atoms in total. The molecule has 1 heterocycles. The summed E-state index contributed by atoms with van der Waals surface area (Å²) in [5, 5.41) is 0. The molecule has 0 saturated carbocycles. The van der Waals surface area contributed by atoms with Crippen molar-refractivity contribution in [1.82, 2.24) is 4.90 Å². The van der Waals surface area contributed by atoms with Crippen molar-refractivity contribution in [2.75, 3.05) is 6.54 Å². The smallest absolute Gasteiger partial charge is 0.252 e. The van der Waals surface area contributed by atoms with Gasteiger partial charge in [0.1, 0.15) is 0 Å². The molecular formula is C10H15NO2. The second-order valence-electron chi connectivity index (χ2n) is 3.59. The maximum Gasteiger partial charge on any atom is 0.252 e. The van der Waals surface area contributed by atoms with Crippen molar-refractivity contribution in [1.29, 1.82) is 0 Å². The average molecular weight is 181 g/mol. The van der Waals surface area contributed by atoms with Crippen LogP contribution in [0.4, 0.5) is 0 Å². The molecule has 13 heavy (non-hydrogen) atoms. The van der Waals surface area contributed by atoms with Crippen molar-refractivity contribution in [3.63, 3.8) is 0 Å². The third-order valence-electron chi connectivity index (χ3n) is 1.96. The topological polar surface area (TPSA) is 37.4 Å². The molecule has 1 fully saturated rings. The van der Waals surface area contributed by atoms with E-state index in [1.165, 1.54) is 11.0 Å². The van der Waals surface area contributed by atoms with Crippen LogP contribution < -0.4 is 0 Å². The zero-order chi connectivity index (χ0) is 9.84. The van der Waals surface area contributed by atoms with E-state index in [9.17, 15) is 9.59 Å². The predicted molar refractivity (Wildman–Crippen MR) is 49.9 cm³/mol. The molecule has 2 amide bonds. The van der Waals surface area contributed by atoms with E-state index in [-0.39, 0.29) is 11.8 Å². The van der Waals surface area contributed by atoms with Crippen molar-refractivity contribution in [2.24, 2.45) is 5.92 Å². The number of amides is 2. The number of hydrogen-bond donors (Lipinski definition) is 0. The van der Waals surface area contributed by atoms with Crippen LogP contribution in [0.3, 0.4) is 0 Å². The number of rotatable bonds is 2. The summed E-state index contributed by atoms with van der Waals surface area (Å²) in [6, 6.07) is 0. The minimum atomic E-state index is -0.170. The van der Waals surface area contributed by atoms with Gasteiger partial charge in [-0.25, -0.2) is 0 Å². The highest BCUT2D eigenvalue weighted by Gasteiger charge is 2.24. The van der Waals surface area contributed by atoms with Gasteiger partial charge in [-0.15, -0.1) is 0 Å². The molecule has 1 rings (SSSR count). The third-order valence-corrected chi connectivity index (χ3v) is 1.96. The van der Waals surface area contributed by atoms with Gasteiger partial charge in [0.2, 0.25) is 5.91 Å². The Morgan fingerprint density at radius 2 is 2.23 bits per heavy atom. The highest BCUT2D eigenvalue weighted by Crippen LogP contribution is 2.10. The number of carbonyl (C=O) groups excluding carboxylic acids is 2. The van der Waals surface area contributed by atoms with E-state index < -0.39 is 0 Å². The monoisotopic (exact) mass is 181 g/mol. The summed E-state index contributed by atoms with van der Waals surface area (Å²) in [4.78, 5) is 23.8. The Morgan fingerprint density at radius 3 is 2.69 bits per heavy atom. The van der Waals surface area contributed by atoms with Crippen LogP contribution in [-0.2, 0) is 9.59 Å². The number of hydrogen-bond acceptors (Lipinski definition) is 2. The van der Waals surface area contributed by atoms with Gasteiger partial charge >= 0.3 is 0 Å². The first-order chi connectivity index (χ1) is 6.11. The molecule has 1 aliphatic rings. The van der Waals surface area contributed by atoms with Crippen LogP contribution in [0.15, 0.2) is 12.2 Å². The van der Waals surface area contributed by atoms with Gasteiger partial charge < -0.3 is 0 Å². The molecule has 0 atom stereocenters. The predicted octanol–water partition coefficient (Wildman–Crippen LogP) is 1.35. The molecule has 0 radical (unpaired) electrons. The Morgan fingerprint density at radius 1 is 1.54 bits per heavy atom. The van der Waals surface area contributed by atoms with Crippen molar-refractivity contribution in [2.45, 2.75) is 26.7 Å². The molecule has 0 spiro atoms. The third kappa shape index (κ3) is 2.68. The molecule has 0 unspecified atom stereocenters. The Bertz CT molecular complexity index is 243. The standard InChI is InChI=1S/C10H15NO2/c1-8(2)5-6-10(13)11-7-3-4-9(11)12/h5-6,8H,3-4,7H2,1-2H3/b6-5+. The maximum atomic E-state index is 11.4. The molecule has 0 aromatic heterocycles. The summed E-state index contributed by atoms with van der Waals surface area (Å²) in [6.07, 6.45) is 4.63. The average Bonchev–Trinajstić information content (AvgIpc) is 2.47. The van der Waals surface area contributed by atoms with Gasteiger partial charge in [0.15, 0.2) is 0 Å². The number of carbonyl (C=O) groups is 2. The second kappa shape index (κ2) is 4.21. The van der Waals surface area contributed by atoms with Gasteiger partial charge in [-0.1, -0.05) is 19.9 Å². The van der Waals surface area contributed by atoms with E-state index in [2.05, 4.69) is 0 Å². The van der Waals surface area contributed by atoms with E-state index in [0.29, 0.717) is 18.9 Å². The highest BCUT2D eigenvalue weighted by molar-refractivity contribution is 6.01. The molecule has 0 aromatic carbocycles. The van der Waals surface area contributed by atoms with E-state index in [0.717, 1.165) is 6.42 Å². The first-order valence-electron chi connectivity index (χ1n) is 4.64. The van der Waals surface area contributed by atoms with E-state index in [1.54, 1.807) is 0 Å². The summed E-state index contributed by atoms with van der Waals surface area (Å²) in [5.74, 6) is 0.135. The quantitative estimate of drug-likeness (QED) is 0.603. The largest absolute Gasteiger partial charge is 0.279 e. The molecule has 3 heteroatoms. The summed E-state index contributed by atoms with van der Waals surface area (Å²) < 4.78 is 0. The van der Waals surface area contributed by atoms with Crippen LogP contribution >= 0.6 is 0 Å². The molecule has 1 aliphatic heterocycles. The Balaban J connectivity index is 2.52. The second-order valence-corrected chi connectivity index (χ2v) is 3.59. The maximum absolute atomic E-state index is 11.4. The van der Waals surface area contributed by atoms with Crippen molar-refractivity contribution in [3.05, 3.63) is 12.2 Å².